The minimum absolute atomic E-state index is 0.0648. The van der Waals surface area contributed by atoms with Gasteiger partial charge in [-0.2, -0.15) is 5.10 Å². The van der Waals surface area contributed by atoms with Crippen LogP contribution < -0.4 is 5.32 Å². The zero-order valence-corrected chi connectivity index (χ0v) is 12.6. The number of H-pyrrole nitrogens is 1. The third-order valence-electron chi connectivity index (χ3n) is 2.92. The zero-order valence-electron chi connectivity index (χ0n) is 12.6. The number of amides is 1. The molecule has 0 aliphatic carbocycles. The number of fused-ring (bicyclic) bond motifs is 1. The number of methoxy groups -OCH3 is 1. The van der Waals surface area contributed by atoms with Crippen molar-refractivity contribution in [2.45, 2.75) is 27.2 Å². The fraction of sp³-hybridized carbons (Fsp3) is 0.400. The van der Waals surface area contributed by atoms with Crippen LogP contribution in [-0.4, -0.2) is 29.2 Å². The van der Waals surface area contributed by atoms with Crippen LogP contribution in [0.3, 0.4) is 0 Å². The predicted octanol–water partition coefficient (Wildman–Crippen LogP) is 2.72. The maximum Gasteiger partial charge on any atom is 0.359 e. The zero-order chi connectivity index (χ0) is 15.6. The van der Waals surface area contributed by atoms with Crippen molar-refractivity contribution in [1.29, 1.82) is 0 Å². The average molecular weight is 289 g/mol. The Bertz CT molecular complexity index is 683. The highest BCUT2D eigenvalue weighted by Crippen LogP contribution is 2.23. The van der Waals surface area contributed by atoms with Crippen LogP contribution in [0, 0.1) is 5.41 Å². The summed E-state index contributed by atoms with van der Waals surface area (Å²) >= 11 is 0. The molecular weight excluding hydrogens is 270 g/mol. The second-order valence-electron chi connectivity index (χ2n) is 6.11. The molecule has 0 unspecified atom stereocenters. The van der Waals surface area contributed by atoms with Gasteiger partial charge in [-0.25, -0.2) is 4.79 Å². The lowest BCUT2D eigenvalue weighted by Gasteiger charge is -2.17. The summed E-state index contributed by atoms with van der Waals surface area (Å²) in [6, 6.07) is 5.25. The van der Waals surface area contributed by atoms with Gasteiger partial charge in [-0.1, -0.05) is 20.8 Å². The number of carbonyl (C=O) groups excluding carboxylic acids is 2. The summed E-state index contributed by atoms with van der Waals surface area (Å²) in [7, 11) is 1.30. The van der Waals surface area contributed by atoms with E-state index in [1.165, 1.54) is 7.11 Å². The highest BCUT2D eigenvalue weighted by atomic mass is 16.5. The van der Waals surface area contributed by atoms with Gasteiger partial charge in [0.15, 0.2) is 5.69 Å². The van der Waals surface area contributed by atoms with Crippen molar-refractivity contribution in [3.8, 4) is 0 Å². The highest BCUT2D eigenvalue weighted by Gasteiger charge is 2.18. The number of aromatic nitrogens is 2. The van der Waals surface area contributed by atoms with Gasteiger partial charge in [0.1, 0.15) is 0 Å². The Balaban J connectivity index is 2.26. The molecule has 0 spiro atoms. The Kier molecular flexibility index (Phi) is 3.97. The molecule has 1 amide bonds. The topological polar surface area (TPSA) is 84.1 Å². The summed E-state index contributed by atoms with van der Waals surface area (Å²) in [4.78, 5) is 23.6. The molecule has 0 bridgehead atoms. The number of hydrogen-bond acceptors (Lipinski definition) is 4. The first-order valence-corrected chi connectivity index (χ1v) is 6.66. The second-order valence-corrected chi connectivity index (χ2v) is 6.11. The van der Waals surface area contributed by atoms with Gasteiger partial charge < -0.3 is 10.1 Å². The van der Waals surface area contributed by atoms with Gasteiger partial charge in [0.05, 0.1) is 12.6 Å². The Morgan fingerprint density at radius 2 is 2.05 bits per heavy atom. The van der Waals surface area contributed by atoms with Crippen molar-refractivity contribution in [1.82, 2.24) is 10.2 Å². The van der Waals surface area contributed by atoms with Crippen molar-refractivity contribution in [3.63, 3.8) is 0 Å². The molecule has 1 heterocycles. The minimum atomic E-state index is -0.514. The molecular formula is C15H19N3O3. The first-order valence-electron chi connectivity index (χ1n) is 6.66. The number of aromatic amines is 1. The number of nitrogens with one attached hydrogen (secondary N) is 2. The number of hydrogen-bond donors (Lipinski definition) is 2. The van der Waals surface area contributed by atoms with Crippen LogP contribution in [0.5, 0.6) is 0 Å². The van der Waals surface area contributed by atoms with Crippen molar-refractivity contribution in [3.05, 3.63) is 23.9 Å². The number of ether oxygens (including phenoxy) is 1. The van der Waals surface area contributed by atoms with E-state index in [1.807, 2.05) is 20.8 Å². The lowest BCUT2D eigenvalue weighted by Crippen LogP contribution is -2.19. The first kappa shape index (κ1) is 15.0. The SMILES string of the molecule is COC(=O)c1n[nH]c2ccc(NC(=O)CC(C)(C)C)cc12. The van der Waals surface area contributed by atoms with E-state index in [0.717, 1.165) is 0 Å². The molecule has 0 atom stereocenters. The number of carbonyl (C=O) groups is 2. The number of esters is 1. The third kappa shape index (κ3) is 3.59. The van der Waals surface area contributed by atoms with Crippen molar-refractivity contribution < 1.29 is 14.3 Å². The molecule has 1 aromatic heterocycles. The molecule has 6 heteroatoms. The van der Waals surface area contributed by atoms with E-state index >= 15 is 0 Å². The summed E-state index contributed by atoms with van der Waals surface area (Å²) in [6.07, 6.45) is 0.417. The largest absolute Gasteiger partial charge is 0.464 e. The highest BCUT2D eigenvalue weighted by molar-refractivity contribution is 6.03. The Labute approximate surface area is 122 Å². The van der Waals surface area contributed by atoms with E-state index in [-0.39, 0.29) is 17.0 Å². The molecule has 2 aromatic rings. The van der Waals surface area contributed by atoms with Crippen LogP contribution in [0.1, 0.15) is 37.7 Å². The molecule has 0 aliphatic rings. The van der Waals surface area contributed by atoms with E-state index in [4.69, 9.17) is 0 Å². The van der Waals surface area contributed by atoms with Crippen LogP contribution in [-0.2, 0) is 9.53 Å². The van der Waals surface area contributed by atoms with Gasteiger partial charge in [-0.3, -0.25) is 9.89 Å². The van der Waals surface area contributed by atoms with E-state index in [2.05, 4.69) is 20.3 Å². The monoisotopic (exact) mass is 289 g/mol. The smallest absolute Gasteiger partial charge is 0.359 e. The number of anilines is 1. The summed E-state index contributed by atoms with van der Waals surface area (Å²) in [5.41, 5.74) is 1.47. The molecule has 2 N–H and O–H groups in total. The third-order valence-corrected chi connectivity index (χ3v) is 2.92. The molecule has 0 radical (unpaired) electrons. The van der Waals surface area contributed by atoms with Gasteiger partial charge in [0.2, 0.25) is 5.91 Å². The lowest BCUT2D eigenvalue weighted by molar-refractivity contribution is -0.117. The van der Waals surface area contributed by atoms with Crippen LogP contribution >= 0.6 is 0 Å². The first-order chi connectivity index (χ1) is 9.80. The molecule has 6 nitrogen and oxygen atoms in total. The van der Waals surface area contributed by atoms with Gasteiger partial charge >= 0.3 is 5.97 Å². The summed E-state index contributed by atoms with van der Waals surface area (Å²) in [5, 5.41) is 10.1. The molecule has 0 fully saturated rings. The molecule has 0 aliphatic heterocycles. The van der Waals surface area contributed by atoms with Gasteiger partial charge in [0, 0.05) is 17.5 Å². The van der Waals surface area contributed by atoms with Crippen molar-refractivity contribution >= 4 is 28.5 Å². The minimum Gasteiger partial charge on any atom is -0.464 e. The Hall–Kier alpha value is -2.37. The van der Waals surface area contributed by atoms with Gasteiger partial charge in [0.25, 0.3) is 0 Å². The van der Waals surface area contributed by atoms with Gasteiger partial charge in [-0.15, -0.1) is 0 Å². The maximum atomic E-state index is 12.0. The molecule has 21 heavy (non-hydrogen) atoms. The number of nitrogens with zero attached hydrogens (tertiary/aromatic N) is 1. The predicted molar refractivity (Wildman–Crippen MR) is 80.1 cm³/mol. The fourth-order valence-electron chi connectivity index (χ4n) is 2.03. The van der Waals surface area contributed by atoms with Crippen LogP contribution in [0.15, 0.2) is 18.2 Å². The summed E-state index contributed by atoms with van der Waals surface area (Å²) in [6.45, 7) is 6.00. The quantitative estimate of drug-likeness (QED) is 0.851. The van der Waals surface area contributed by atoms with Crippen molar-refractivity contribution in [2.75, 3.05) is 12.4 Å². The Morgan fingerprint density at radius 1 is 1.33 bits per heavy atom. The van der Waals surface area contributed by atoms with E-state index in [1.54, 1.807) is 18.2 Å². The lowest BCUT2D eigenvalue weighted by atomic mass is 9.92. The van der Waals surface area contributed by atoms with Gasteiger partial charge in [-0.05, 0) is 23.6 Å². The molecule has 112 valence electrons. The maximum absolute atomic E-state index is 12.0. The molecule has 1 aromatic carbocycles. The normalized spacial score (nSPS) is 11.4. The van der Waals surface area contributed by atoms with Crippen LogP contribution in [0.4, 0.5) is 5.69 Å². The fourth-order valence-corrected chi connectivity index (χ4v) is 2.03. The Morgan fingerprint density at radius 3 is 2.67 bits per heavy atom. The second kappa shape index (κ2) is 5.55. The molecule has 0 saturated carbocycles. The van der Waals surface area contributed by atoms with Crippen molar-refractivity contribution in [2.24, 2.45) is 5.41 Å². The van der Waals surface area contributed by atoms with E-state index < -0.39 is 5.97 Å². The summed E-state index contributed by atoms with van der Waals surface area (Å²) in [5.74, 6) is -0.579. The number of rotatable bonds is 3. The molecule has 2 rings (SSSR count). The standard InChI is InChI=1S/C15H19N3O3/c1-15(2,3)8-12(19)16-9-5-6-11-10(7-9)13(18-17-11)14(20)21-4/h5-7H,8H2,1-4H3,(H,16,19)(H,17,18). The van der Waals surface area contributed by atoms with Crippen LogP contribution in [0.2, 0.25) is 0 Å². The summed E-state index contributed by atoms with van der Waals surface area (Å²) < 4.78 is 4.68. The average Bonchev–Trinajstić information content (AvgIpc) is 2.78. The van der Waals surface area contributed by atoms with E-state index in [9.17, 15) is 9.59 Å². The van der Waals surface area contributed by atoms with Crippen LogP contribution in [0.25, 0.3) is 10.9 Å². The van der Waals surface area contributed by atoms with E-state index in [0.29, 0.717) is 23.0 Å². The number of benzene rings is 1. The molecule has 0 saturated heterocycles.